The van der Waals surface area contributed by atoms with Crippen molar-refractivity contribution in [2.45, 2.75) is 39.3 Å². The first-order valence-corrected chi connectivity index (χ1v) is 6.98. The zero-order valence-electron chi connectivity index (χ0n) is 10.3. The lowest BCUT2D eigenvalue weighted by Gasteiger charge is -2.22. The van der Waals surface area contributed by atoms with Gasteiger partial charge >= 0.3 is 5.97 Å². The zero-order valence-corrected chi connectivity index (χ0v) is 11.2. The van der Waals surface area contributed by atoms with E-state index >= 15 is 0 Å². The predicted molar refractivity (Wildman–Crippen MR) is 69.3 cm³/mol. The Balaban J connectivity index is 1.98. The SMILES string of the molecule is CCc1ccc(CN2CCC(C(=O)O)C2C)s1. The number of carbonyl (C=O) groups is 1. The fourth-order valence-corrected chi connectivity index (χ4v) is 3.44. The Labute approximate surface area is 106 Å². The van der Waals surface area contributed by atoms with Crippen LogP contribution in [0.3, 0.4) is 0 Å². The largest absolute Gasteiger partial charge is 0.481 e. The molecule has 2 atom stereocenters. The van der Waals surface area contributed by atoms with Gasteiger partial charge in [0.1, 0.15) is 0 Å². The summed E-state index contributed by atoms with van der Waals surface area (Å²) >= 11 is 1.84. The van der Waals surface area contributed by atoms with Gasteiger partial charge in [0.05, 0.1) is 5.92 Å². The Kier molecular flexibility index (Phi) is 3.84. The number of carboxylic acids is 1. The van der Waals surface area contributed by atoms with Crippen molar-refractivity contribution >= 4 is 17.3 Å². The van der Waals surface area contributed by atoms with Crippen molar-refractivity contribution in [1.29, 1.82) is 0 Å². The lowest BCUT2D eigenvalue weighted by Crippen LogP contribution is -2.32. The third-order valence-corrected chi connectivity index (χ3v) is 4.84. The van der Waals surface area contributed by atoms with Crippen LogP contribution < -0.4 is 0 Å². The minimum absolute atomic E-state index is 0.152. The first-order valence-electron chi connectivity index (χ1n) is 6.16. The number of aryl methyl sites for hydroxylation is 1. The number of hydrogen-bond acceptors (Lipinski definition) is 3. The minimum atomic E-state index is -0.652. The summed E-state index contributed by atoms with van der Waals surface area (Å²) in [6, 6.07) is 4.50. The molecule has 0 radical (unpaired) electrons. The van der Waals surface area contributed by atoms with Crippen LogP contribution in [0, 0.1) is 5.92 Å². The van der Waals surface area contributed by atoms with Gasteiger partial charge < -0.3 is 5.11 Å². The Hall–Kier alpha value is -0.870. The van der Waals surface area contributed by atoms with Gasteiger partial charge in [-0.25, -0.2) is 0 Å². The maximum Gasteiger partial charge on any atom is 0.308 e. The quantitative estimate of drug-likeness (QED) is 0.896. The van der Waals surface area contributed by atoms with Gasteiger partial charge in [-0.2, -0.15) is 0 Å². The summed E-state index contributed by atoms with van der Waals surface area (Å²) in [5.74, 6) is -0.846. The molecule has 94 valence electrons. The molecule has 1 aromatic heterocycles. The Morgan fingerprint density at radius 1 is 1.53 bits per heavy atom. The van der Waals surface area contributed by atoms with Crippen molar-refractivity contribution in [1.82, 2.24) is 4.90 Å². The van der Waals surface area contributed by atoms with E-state index in [1.807, 2.05) is 18.3 Å². The van der Waals surface area contributed by atoms with Gasteiger partial charge in [0, 0.05) is 22.3 Å². The van der Waals surface area contributed by atoms with Crippen molar-refractivity contribution in [3.8, 4) is 0 Å². The summed E-state index contributed by atoms with van der Waals surface area (Å²) in [4.78, 5) is 16.1. The van der Waals surface area contributed by atoms with Crippen molar-refractivity contribution in [3.05, 3.63) is 21.9 Å². The average molecular weight is 253 g/mol. The van der Waals surface area contributed by atoms with E-state index < -0.39 is 5.97 Å². The van der Waals surface area contributed by atoms with Crippen LogP contribution >= 0.6 is 11.3 Å². The zero-order chi connectivity index (χ0) is 12.4. The van der Waals surface area contributed by atoms with E-state index in [0.717, 1.165) is 25.9 Å². The summed E-state index contributed by atoms with van der Waals surface area (Å²) in [6.45, 7) is 5.99. The number of nitrogens with zero attached hydrogens (tertiary/aromatic N) is 1. The van der Waals surface area contributed by atoms with Crippen molar-refractivity contribution in [2.75, 3.05) is 6.54 Å². The number of thiophene rings is 1. The van der Waals surface area contributed by atoms with E-state index in [-0.39, 0.29) is 12.0 Å². The van der Waals surface area contributed by atoms with Gasteiger partial charge in [0.15, 0.2) is 0 Å². The molecule has 1 saturated heterocycles. The van der Waals surface area contributed by atoms with Crippen molar-refractivity contribution in [2.24, 2.45) is 5.92 Å². The Morgan fingerprint density at radius 2 is 2.24 bits per heavy atom. The summed E-state index contributed by atoms with van der Waals surface area (Å²) in [7, 11) is 0. The lowest BCUT2D eigenvalue weighted by atomic mass is 10.0. The highest BCUT2D eigenvalue weighted by Crippen LogP contribution is 2.28. The van der Waals surface area contributed by atoms with Crippen LogP contribution in [0.25, 0.3) is 0 Å². The number of rotatable bonds is 4. The van der Waals surface area contributed by atoms with Gasteiger partial charge in [0.25, 0.3) is 0 Å². The van der Waals surface area contributed by atoms with E-state index in [0.29, 0.717) is 0 Å². The molecule has 1 aliphatic rings. The summed E-state index contributed by atoms with van der Waals surface area (Å²) in [5, 5.41) is 9.09. The molecule has 4 heteroatoms. The molecule has 0 saturated carbocycles. The van der Waals surface area contributed by atoms with Crippen LogP contribution in [0.1, 0.15) is 30.0 Å². The molecule has 17 heavy (non-hydrogen) atoms. The molecular formula is C13H19NO2S. The third kappa shape index (κ3) is 2.69. The van der Waals surface area contributed by atoms with E-state index in [9.17, 15) is 4.79 Å². The summed E-state index contributed by atoms with van der Waals surface area (Å²) in [5.41, 5.74) is 0. The monoisotopic (exact) mass is 253 g/mol. The maximum absolute atomic E-state index is 11.0. The molecule has 1 fully saturated rings. The molecule has 0 aliphatic carbocycles. The fourth-order valence-electron chi connectivity index (χ4n) is 2.45. The predicted octanol–water partition coefficient (Wildman–Crippen LogP) is 2.61. The van der Waals surface area contributed by atoms with Crippen LogP contribution in [-0.2, 0) is 17.8 Å². The molecule has 0 aromatic carbocycles. The normalized spacial score (nSPS) is 25.3. The molecule has 0 bridgehead atoms. The molecular weight excluding hydrogens is 234 g/mol. The van der Waals surface area contributed by atoms with Gasteiger partial charge in [0.2, 0.25) is 0 Å². The fraction of sp³-hybridized carbons (Fsp3) is 0.615. The summed E-state index contributed by atoms with van der Waals surface area (Å²) in [6.07, 6.45) is 1.86. The molecule has 2 heterocycles. The number of aliphatic carboxylic acids is 1. The van der Waals surface area contributed by atoms with Gasteiger partial charge in [-0.1, -0.05) is 6.92 Å². The van der Waals surface area contributed by atoms with Crippen LogP contribution in [0.5, 0.6) is 0 Å². The molecule has 2 unspecified atom stereocenters. The average Bonchev–Trinajstić information content (AvgIpc) is 2.87. The van der Waals surface area contributed by atoms with E-state index in [2.05, 4.69) is 24.0 Å². The molecule has 1 aliphatic heterocycles. The standard InChI is InChI=1S/C13H19NO2S/c1-3-10-4-5-11(17-10)8-14-7-6-12(9(14)2)13(15)16/h4-5,9,12H,3,6-8H2,1-2H3,(H,15,16). The molecule has 0 amide bonds. The van der Waals surface area contributed by atoms with E-state index in [4.69, 9.17) is 5.11 Å². The topological polar surface area (TPSA) is 40.5 Å². The molecule has 1 aromatic rings. The number of likely N-dealkylation sites (tertiary alicyclic amines) is 1. The molecule has 1 N–H and O–H groups in total. The second-order valence-electron chi connectivity index (χ2n) is 4.67. The highest BCUT2D eigenvalue weighted by molar-refractivity contribution is 7.11. The maximum atomic E-state index is 11.0. The van der Waals surface area contributed by atoms with Crippen LogP contribution in [0.2, 0.25) is 0 Å². The second-order valence-corrected chi connectivity index (χ2v) is 5.92. The van der Waals surface area contributed by atoms with E-state index in [1.54, 1.807) is 0 Å². The minimum Gasteiger partial charge on any atom is -0.481 e. The van der Waals surface area contributed by atoms with Crippen LogP contribution in [-0.4, -0.2) is 28.6 Å². The Bertz CT molecular complexity index is 402. The highest BCUT2D eigenvalue weighted by Gasteiger charge is 2.35. The van der Waals surface area contributed by atoms with Gasteiger partial charge in [-0.3, -0.25) is 9.69 Å². The molecule has 2 rings (SSSR count). The summed E-state index contributed by atoms with van der Waals surface area (Å²) < 4.78 is 0. The second kappa shape index (κ2) is 5.19. The van der Waals surface area contributed by atoms with Crippen molar-refractivity contribution in [3.63, 3.8) is 0 Å². The van der Waals surface area contributed by atoms with Gasteiger partial charge in [-0.05, 0) is 38.4 Å². The van der Waals surface area contributed by atoms with Gasteiger partial charge in [-0.15, -0.1) is 11.3 Å². The Morgan fingerprint density at radius 3 is 2.76 bits per heavy atom. The molecule has 3 nitrogen and oxygen atoms in total. The molecule has 0 spiro atoms. The third-order valence-electron chi connectivity index (χ3n) is 3.63. The van der Waals surface area contributed by atoms with Crippen LogP contribution in [0.15, 0.2) is 12.1 Å². The van der Waals surface area contributed by atoms with E-state index in [1.165, 1.54) is 9.75 Å². The number of carboxylic acid groups (broad SMARTS) is 1. The highest BCUT2D eigenvalue weighted by atomic mass is 32.1. The number of hydrogen-bond donors (Lipinski definition) is 1. The van der Waals surface area contributed by atoms with Crippen molar-refractivity contribution < 1.29 is 9.90 Å². The smallest absolute Gasteiger partial charge is 0.308 e. The lowest BCUT2D eigenvalue weighted by molar-refractivity contribution is -0.142. The first kappa shape index (κ1) is 12.6. The van der Waals surface area contributed by atoms with Crippen LogP contribution in [0.4, 0.5) is 0 Å². The first-order chi connectivity index (χ1) is 8.11.